The Hall–Kier alpha value is -2.53. The average molecular weight is 511 g/mol. The van der Waals surface area contributed by atoms with E-state index in [9.17, 15) is 9.59 Å². The molecule has 0 radical (unpaired) electrons. The summed E-state index contributed by atoms with van der Waals surface area (Å²) in [5.41, 5.74) is 3.50. The lowest BCUT2D eigenvalue weighted by Crippen LogP contribution is -2.32. The Balaban J connectivity index is 1.49. The number of unbranched alkanes of at least 4 members (excludes halogenated alkanes) is 2. The largest absolute Gasteiger partial charge is 0.463 e. The van der Waals surface area contributed by atoms with Crippen molar-refractivity contribution < 1.29 is 14.3 Å². The van der Waals surface area contributed by atoms with Gasteiger partial charge in [0.25, 0.3) is 5.91 Å². The molecule has 5 nitrogen and oxygen atoms in total. The summed E-state index contributed by atoms with van der Waals surface area (Å²) in [4.78, 5) is 30.6. The van der Waals surface area contributed by atoms with Gasteiger partial charge in [0.05, 0.1) is 23.1 Å². The predicted octanol–water partition coefficient (Wildman–Crippen LogP) is 7.37. The zero-order chi connectivity index (χ0) is 25.5. The zero-order valence-corrected chi connectivity index (χ0v) is 22.4. The highest BCUT2D eigenvalue weighted by atomic mass is 35.5. The molecule has 0 aliphatic carbocycles. The van der Waals surface area contributed by atoms with Crippen molar-refractivity contribution in [3.8, 4) is 0 Å². The molecule has 2 atom stereocenters. The number of nitrogens with zero attached hydrogens (tertiary/aromatic N) is 2. The number of ether oxygens (including phenoxy) is 1. The number of hydrogen-bond acceptors (Lipinski definition) is 4. The minimum Gasteiger partial charge on any atom is -0.463 e. The quantitative estimate of drug-likeness (QED) is 0.261. The molecule has 4 rings (SSSR count). The maximum Gasteiger partial charge on any atom is 0.306 e. The first-order valence-electron chi connectivity index (χ1n) is 13.6. The summed E-state index contributed by atoms with van der Waals surface area (Å²) in [5, 5.41) is 0.489. The molecule has 2 heterocycles. The third-order valence-corrected chi connectivity index (χ3v) is 7.77. The van der Waals surface area contributed by atoms with Gasteiger partial charge in [0.2, 0.25) is 0 Å². The second kappa shape index (κ2) is 12.6. The summed E-state index contributed by atoms with van der Waals surface area (Å²) in [6.07, 6.45) is 8.60. The van der Waals surface area contributed by atoms with Crippen LogP contribution in [-0.2, 0) is 9.53 Å². The fourth-order valence-corrected chi connectivity index (χ4v) is 5.74. The minimum atomic E-state index is -0.154. The van der Waals surface area contributed by atoms with Gasteiger partial charge in [-0.2, -0.15) is 0 Å². The number of carbonyl (C=O) groups is 2. The molecular weight excluding hydrogens is 472 g/mol. The number of amides is 1. The van der Waals surface area contributed by atoms with Crippen LogP contribution in [0.25, 0.3) is 0 Å². The van der Waals surface area contributed by atoms with Gasteiger partial charge in [-0.3, -0.25) is 9.59 Å². The molecule has 2 aromatic rings. The van der Waals surface area contributed by atoms with E-state index in [1.165, 1.54) is 12.8 Å². The van der Waals surface area contributed by atoms with E-state index in [1.807, 2.05) is 54.3 Å². The lowest BCUT2D eigenvalue weighted by molar-refractivity contribution is -0.149. The molecule has 0 saturated carbocycles. The molecule has 1 fully saturated rings. The fourth-order valence-electron chi connectivity index (χ4n) is 5.48. The van der Waals surface area contributed by atoms with Crippen molar-refractivity contribution >= 4 is 34.9 Å². The van der Waals surface area contributed by atoms with Crippen molar-refractivity contribution in [3.63, 3.8) is 0 Å². The Morgan fingerprint density at radius 3 is 2.58 bits per heavy atom. The molecule has 0 N–H and O–H groups in total. The lowest BCUT2D eigenvalue weighted by atomic mass is 9.91. The number of fused-ring (bicyclic) bond motifs is 1. The second-order valence-corrected chi connectivity index (χ2v) is 10.6. The van der Waals surface area contributed by atoms with Gasteiger partial charge in [-0.05, 0) is 81.2 Å². The maximum atomic E-state index is 13.7. The van der Waals surface area contributed by atoms with Gasteiger partial charge in [0.1, 0.15) is 0 Å². The van der Waals surface area contributed by atoms with E-state index < -0.39 is 0 Å². The molecule has 2 aliphatic heterocycles. The molecular formula is C30H39ClN2O3. The van der Waals surface area contributed by atoms with Crippen LogP contribution in [0, 0.1) is 0 Å². The number of halogens is 1. The summed E-state index contributed by atoms with van der Waals surface area (Å²) in [5.74, 6) is -0.213. The van der Waals surface area contributed by atoms with Crippen molar-refractivity contribution in [3.05, 3.63) is 58.6 Å². The van der Waals surface area contributed by atoms with Crippen molar-refractivity contribution in [2.45, 2.75) is 83.7 Å². The first-order valence-corrected chi connectivity index (χ1v) is 14.0. The van der Waals surface area contributed by atoms with Crippen LogP contribution in [-0.4, -0.2) is 37.6 Å². The molecule has 2 aliphatic rings. The Morgan fingerprint density at radius 1 is 1.06 bits per heavy atom. The number of rotatable bonds is 9. The highest BCUT2D eigenvalue weighted by Gasteiger charge is 2.30. The molecule has 0 bridgehead atoms. The predicted molar refractivity (Wildman–Crippen MR) is 147 cm³/mol. The van der Waals surface area contributed by atoms with E-state index >= 15 is 0 Å². The summed E-state index contributed by atoms with van der Waals surface area (Å²) in [7, 11) is 0. The molecule has 6 heteroatoms. The van der Waals surface area contributed by atoms with E-state index in [0.717, 1.165) is 68.6 Å². The Kier molecular flexibility index (Phi) is 9.30. The van der Waals surface area contributed by atoms with E-state index in [1.54, 1.807) is 0 Å². The molecule has 0 aromatic heterocycles. The first-order chi connectivity index (χ1) is 17.5. The van der Waals surface area contributed by atoms with Gasteiger partial charge in [-0.1, -0.05) is 49.6 Å². The van der Waals surface area contributed by atoms with Crippen LogP contribution < -0.4 is 9.80 Å². The normalized spacial score (nSPS) is 18.5. The third-order valence-electron chi connectivity index (χ3n) is 7.46. The Bertz CT molecular complexity index is 1050. The maximum absolute atomic E-state index is 13.7. The molecule has 36 heavy (non-hydrogen) atoms. The Morgan fingerprint density at radius 2 is 1.83 bits per heavy atom. The molecule has 194 valence electrons. The summed E-state index contributed by atoms with van der Waals surface area (Å²) >= 11 is 6.65. The highest BCUT2D eigenvalue weighted by molar-refractivity contribution is 6.34. The van der Waals surface area contributed by atoms with Crippen LogP contribution in [0.1, 0.15) is 93.5 Å². The van der Waals surface area contributed by atoms with Gasteiger partial charge in [-0.25, -0.2) is 0 Å². The van der Waals surface area contributed by atoms with Crippen molar-refractivity contribution in [1.29, 1.82) is 0 Å². The van der Waals surface area contributed by atoms with Crippen LogP contribution >= 0.6 is 11.6 Å². The number of anilines is 2. The van der Waals surface area contributed by atoms with Gasteiger partial charge in [-0.15, -0.1) is 0 Å². The van der Waals surface area contributed by atoms with Gasteiger partial charge in [0, 0.05) is 31.0 Å². The lowest BCUT2D eigenvalue weighted by Gasteiger charge is -2.25. The highest BCUT2D eigenvalue weighted by Crippen LogP contribution is 2.38. The molecule has 1 amide bonds. The summed E-state index contributed by atoms with van der Waals surface area (Å²) in [6.45, 7) is 6.81. The summed E-state index contributed by atoms with van der Waals surface area (Å²) in [6, 6.07) is 13.8. The van der Waals surface area contributed by atoms with Crippen molar-refractivity contribution in [1.82, 2.24) is 0 Å². The van der Waals surface area contributed by atoms with Gasteiger partial charge in [0.15, 0.2) is 0 Å². The standard InChI is InChI=1S/C30H39ClN2O3/c1-3-4-5-11-22(2)36-29(34)20-23-12-10-19-33(28-14-7-6-13-25(23)28)30(35)26-16-15-24(21-27(26)31)32-17-8-9-18-32/h6-7,13-16,21-23H,3-5,8-12,17-20H2,1-2H3/t22-,23-/m1/s1. The molecule has 0 spiro atoms. The van der Waals surface area contributed by atoms with Crippen LogP contribution in [0.2, 0.25) is 5.02 Å². The fraction of sp³-hybridized carbons (Fsp3) is 0.533. The van der Waals surface area contributed by atoms with Gasteiger partial charge >= 0.3 is 5.97 Å². The molecule has 0 unspecified atom stereocenters. The van der Waals surface area contributed by atoms with Gasteiger partial charge < -0.3 is 14.5 Å². The Labute approximate surface area is 220 Å². The minimum absolute atomic E-state index is 0.0300. The first kappa shape index (κ1) is 26.5. The van der Waals surface area contributed by atoms with E-state index in [2.05, 4.69) is 11.8 Å². The van der Waals surface area contributed by atoms with Crippen LogP contribution in [0.3, 0.4) is 0 Å². The topological polar surface area (TPSA) is 49.9 Å². The summed E-state index contributed by atoms with van der Waals surface area (Å²) < 4.78 is 5.73. The number of para-hydroxylation sites is 1. The van der Waals surface area contributed by atoms with Crippen LogP contribution in [0.4, 0.5) is 11.4 Å². The third kappa shape index (κ3) is 6.42. The molecule has 1 saturated heterocycles. The van der Waals surface area contributed by atoms with Crippen LogP contribution in [0.5, 0.6) is 0 Å². The molecule has 2 aromatic carbocycles. The monoisotopic (exact) mass is 510 g/mol. The van der Waals surface area contributed by atoms with Crippen molar-refractivity contribution in [2.24, 2.45) is 0 Å². The number of hydrogen-bond donors (Lipinski definition) is 0. The average Bonchev–Trinajstić information content (AvgIpc) is 3.35. The second-order valence-electron chi connectivity index (χ2n) is 10.2. The van der Waals surface area contributed by atoms with E-state index in [4.69, 9.17) is 16.3 Å². The smallest absolute Gasteiger partial charge is 0.306 e. The van der Waals surface area contributed by atoms with E-state index in [0.29, 0.717) is 23.6 Å². The SMILES string of the molecule is CCCCC[C@@H](C)OC(=O)C[C@H]1CCCN(C(=O)c2ccc(N3CCCC3)cc2Cl)c2ccccc21. The van der Waals surface area contributed by atoms with E-state index in [-0.39, 0.29) is 23.9 Å². The van der Waals surface area contributed by atoms with Crippen LogP contribution in [0.15, 0.2) is 42.5 Å². The number of esters is 1. The zero-order valence-electron chi connectivity index (χ0n) is 21.7. The van der Waals surface area contributed by atoms with Crippen molar-refractivity contribution in [2.75, 3.05) is 29.4 Å². The number of benzene rings is 2. The number of carbonyl (C=O) groups excluding carboxylic acids is 2.